The Morgan fingerprint density at radius 1 is 0.867 bits per heavy atom. The van der Waals surface area contributed by atoms with Crippen LogP contribution >= 0.6 is 0 Å². The number of carbonyl (C=O) groups is 2. The van der Waals surface area contributed by atoms with E-state index in [0.717, 1.165) is 0 Å². The van der Waals surface area contributed by atoms with Crippen LogP contribution in [0.4, 0.5) is 0 Å². The summed E-state index contributed by atoms with van der Waals surface area (Å²) in [5.41, 5.74) is 0.536. The highest BCUT2D eigenvalue weighted by molar-refractivity contribution is 7.89. The summed E-state index contributed by atoms with van der Waals surface area (Å²) < 4.78 is 37.3. The van der Waals surface area contributed by atoms with E-state index in [0.29, 0.717) is 11.3 Å². The standard InChI is InChI=1S/C20H25N3O6S/c1-28-17-9-8-16(14-18(17)29-2)30(26,27)23-11-10-19(24)21-12-13-22-20(25)15-6-4-3-5-7-15/h3-9,14,23H,10-13H2,1-2H3,(H,21,24)(H,22,25). The Balaban J connectivity index is 1.72. The van der Waals surface area contributed by atoms with Crippen molar-refractivity contribution in [3.63, 3.8) is 0 Å². The molecule has 0 aliphatic rings. The predicted molar refractivity (Wildman–Crippen MR) is 111 cm³/mol. The summed E-state index contributed by atoms with van der Waals surface area (Å²) in [6.45, 7) is 0.426. The van der Waals surface area contributed by atoms with Gasteiger partial charge in [-0.3, -0.25) is 9.59 Å². The Morgan fingerprint density at radius 2 is 1.53 bits per heavy atom. The van der Waals surface area contributed by atoms with Crippen molar-refractivity contribution in [2.45, 2.75) is 11.3 Å². The molecular formula is C20H25N3O6S. The Kier molecular flexibility index (Phi) is 8.63. The second-order valence-electron chi connectivity index (χ2n) is 6.14. The highest BCUT2D eigenvalue weighted by Gasteiger charge is 2.17. The predicted octanol–water partition coefficient (Wildman–Crippen LogP) is 0.918. The van der Waals surface area contributed by atoms with Crippen LogP contribution < -0.4 is 24.8 Å². The molecule has 9 nitrogen and oxygen atoms in total. The minimum atomic E-state index is -3.80. The molecule has 2 amide bonds. The van der Waals surface area contributed by atoms with E-state index in [1.807, 2.05) is 6.07 Å². The molecule has 0 saturated heterocycles. The lowest BCUT2D eigenvalue weighted by Gasteiger charge is -2.11. The summed E-state index contributed by atoms with van der Waals surface area (Å²) >= 11 is 0. The zero-order valence-corrected chi connectivity index (χ0v) is 17.6. The van der Waals surface area contributed by atoms with E-state index >= 15 is 0 Å². The van der Waals surface area contributed by atoms with E-state index in [1.54, 1.807) is 24.3 Å². The monoisotopic (exact) mass is 435 g/mol. The molecule has 0 heterocycles. The lowest BCUT2D eigenvalue weighted by molar-refractivity contribution is -0.120. The quantitative estimate of drug-likeness (QED) is 0.451. The van der Waals surface area contributed by atoms with E-state index in [1.165, 1.54) is 32.4 Å². The fourth-order valence-electron chi connectivity index (χ4n) is 2.52. The average molecular weight is 436 g/mol. The van der Waals surface area contributed by atoms with Crippen LogP contribution in [0, 0.1) is 0 Å². The highest BCUT2D eigenvalue weighted by atomic mass is 32.2. The second kappa shape index (κ2) is 11.2. The number of ether oxygens (including phenoxy) is 2. The summed E-state index contributed by atoms with van der Waals surface area (Å²) in [6.07, 6.45) is -0.0425. The number of hydrogen-bond acceptors (Lipinski definition) is 6. The van der Waals surface area contributed by atoms with Gasteiger partial charge in [0.25, 0.3) is 5.91 Å². The van der Waals surface area contributed by atoms with Gasteiger partial charge >= 0.3 is 0 Å². The molecular weight excluding hydrogens is 410 g/mol. The lowest BCUT2D eigenvalue weighted by atomic mass is 10.2. The number of amides is 2. The smallest absolute Gasteiger partial charge is 0.251 e. The Hall–Kier alpha value is -3.11. The van der Waals surface area contributed by atoms with Crippen molar-refractivity contribution in [2.75, 3.05) is 33.9 Å². The molecule has 0 radical (unpaired) electrons. The maximum atomic E-state index is 12.4. The molecule has 0 unspecified atom stereocenters. The molecule has 2 aromatic rings. The highest BCUT2D eigenvalue weighted by Crippen LogP contribution is 2.29. The molecule has 30 heavy (non-hydrogen) atoms. The lowest BCUT2D eigenvalue weighted by Crippen LogP contribution is -2.36. The van der Waals surface area contributed by atoms with Gasteiger partial charge in [-0.2, -0.15) is 0 Å². The van der Waals surface area contributed by atoms with Crippen LogP contribution in [0.25, 0.3) is 0 Å². The zero-order valence-electron chi connectivity index (χ0n) is 16.8. The first kappa shape index (κ1) is 23.2. The fourth-order valence-corrected chi connectivity index (χ4v) is 3.57. The van der Waals surface area contributed by atoms with Crippen molar-refractivity contribution in [1.29, 1.82) is 0 Å². The minimum Gasteiger partial charge on any atom is -0.493 e. The molecule has 162 valence electrons. The number of benzene rings is 2. The molecule has 2 aromatic carbocycles. The summed E-state index contributed by atoms with van der Waals surface area (Å²) in [6, 6.07) is 13.0. The molecule has 0 aliphatic heterocycles. The van der Waals surface area contributed by atoms with Gasteiger partial charge in [-0.15, -0.1) is 0 Å². The molecule has 0 bridgehead atoms. The maximum Gasteiger partial charge on any atom is 0.251 e. The topological polar surface area (TPSA) is 123 Å². The molecule has 10 heteroatoms. The van der Waals surface area contributed by atoms with Gasteiger partial charge in [0.05, 0.1) is 19.1 Å². The van der Waals surface area contributed by atoms with E-state index in [2.05, 4.69) is 15.4 Å². The Morgan fingerprint density at radius 3 is 2.20 bits per heavy atom. The third-order valence-electron chi connectivity index (χ3n) is 4.08. The molecule has 0 spiro atoms. The average Bonchev–Trinajstić information content (AvgIpc) is 2.76. The number of nitrogens with one attached hydrogen (secondary N) is 3. The van der Waals surface area contributed by atoms with Crippen LogP contribution in [-0.2, 0) is 14.8 Å². The van der Waals surface area contributed by atoms with Crippen LogP contribution in [-0.4, -0.2) is 54.1 Å². The number of methoxy groups -OCH3 is 2. The third-order valence-corrected chi connectivity index (χ3v) is 5.54. The van der Waals surface area contributed by atoms with Gasteiger partial charge in [-0.25, -0.2) is 13.1 Å². The van der Waals surface area contributed by atoms with E-state index < -0.39 is 10.0 Å². The van der Waals surface area contributed by atoms with Crippen molar-refractivity contribution in [3.8, 4) is 11.5 Å². The van der Waals surface area contributed by atoms with Gasteiger partial charge in [0.2, 0.25) is 15.9 Å². The van der Waals surface area contributed by atoms with Gasteiger partial charge in [0, 0.05) is 37.7 Å². The van der Waals surface area contributed by atoms with Gasteiger partial charge < -0.3 is 20.1 Å². The van der Waals surface area contributed by atoms with Gasteiger partial charge in [-0.1, -0.05) is 18.2 Å². The number of sulfonamides is 1. The summed E-state index contributed by atoms with van der Waals surface area (Å²) in [4.78, 5) is 23.7. The number of hydrogen-bond donors (Lipinski definition) is 3. The van der Waals surface area contributed by atoms with Crippen molar-refractivity contribution < 1.29 is 27.5 Å². The molecule has 0 atom stereocenters. The van der Waals surface area contributed by atoms with Crippen molar-refractivity contribution in [3.05, 3.63) is 54.1 Å². The molecule has 0 aromatic heterocycles. The van der Waals surface area contributed by atoms with Crippen LogP contribution in [0.2, 0.25) is 0 Å². The molecule has 3 N–H and O–H groups in total. The zero-order chi connectivity index (χ0) is 22.0. The first-order valence-corrected chi connectivity index (χ1v) is 10.7. The third kappa shape index (κ3) is 6.75. The van der Waals surface area contributed by atoms with Crippen molar-refractivity contribution in [2.24, 2.45) is 0 Å². The Labute approximate surface area is 175 Å². The molecule has 2 rings (SSSR count). The first-order chi connectivity index (χ1) is 14.4. The largest absolute Gasteiger partial charge is 0.493 e. The Bertz CT molecular complexity index is 964. The maximum absolute atomic E-state index is 12.4. The van der Waals surface area contributed by atoms with Gasteiger partial charge in [0.1, 0.15) is 0 Å². The summed E-state index contributed by atoms with van der Waals surface area (Å²) in [5.74, 6) is 0.136. The van der Waals surface area contributed by atoms with E-state index in [4.69, 9.17) is 9.47 Å². The van der Waals surface area contributed by atoms with E-state index in [-0.39, 0.29) is 48.5 Å². The number of rotatable bonds is 11. The van der Waals surface area contributed by atoms with Gasteiger partial charge in [-0.05, 0) is 24.3 Å². The van der Waals surface area contributed by atoms with Crippen molar-refractivity contribution >= 4 is 21.8 Å². The first-order valence-electron chi connectivity index (χ1n) is 9.19. The molecule has 0 saturated carbocycles. The number of carbonyl (C=O) groups excluding carboxylic acids is 2. The SMILES string of the molecule is COc1ccc(S(=O)(=O)NCCC(=O)NCCNC(=O)c2ccccc2)cc1OC. The molecule has 0 aliphatic carbocycles. The second-order valence-corrected chi connectivity index (χ2v) is 7.90. The summed E-state index contributed by atoms with van der Waals surface area (Å²) in [5, 5.41) is 5.31. The van der Waals surface area contributed by atoms with Crippen LogP contribution in [0.3, 0.4) is 0 Å². The van der Waals surface area contributed by atoms with Crippen LogP contribution in [0.15, 0.2) is 53.4 Å². The fraction of sp³-hybridized carbons (Fsp3) is 0.300. The molecule has 0 fully saturated rings. The van der Waals surface area contributed by atoms with Crippen LogP contribution in [0.1, 0.15) is 16.8 Å². The summed E-state index contributed by atoms with van der Waals surface area (Å²) in [7, 11) is -0.938. The minimum absolute atomic E-state index is 0.00387. The normalized spacial score (nSPS) is 10.9. The van der Waals surface area contributed by atoms with E-state index in [9.17, 15) is 18.0 Å². The van der Waals surface area contributed by atoms with Crippen molar-refractivity contribution in [1.82, 2.24) is 15.4 Å². The van der Waals surface area contributed by atoms with Gasteiger partial charge in [0.15, 0.2) is 11.5 Å². The van der Waals surface area contributed by atoms with Crippen LogP contribution in [0.5, 0.6) is 11.5 Å².